The lowest BCUT2D eigenvalue weighted by molar-refractivity contribution is -0.136. The van der Waals surface area contributed by atoms with Crippen LogP contribution in [0.3, 0.4) is 0 Å². The van der Waals surface area contributed by atoms with Crippen molar-refractivity contribution in [1.29, 1.82) is 0 Å². The maximum absolute atomic E-state index is 13.4. The summed E-state index contributed by atoms with van der Waals surface area (Å²) in [5.41, 5.74) is 4.32. The number of ketones is 1. The van der Waals surface area contributed by atoms with Crippen molar-refractivity contribution in [3.8, 4) is 0 Å². The molecule has 3 atom stereocenters. The molecule has 2 bridgehead atoms. The van der Waals surface area contributed by atoms with E-state index in [1.165, 1.54) is 7.11 Å². The highest BCUT2D eigenvalue weighted by molar-refractivity contribution is 14.1. The quantitative estimate of drug-likeness (QED) is 0.258. The Bertz CT molecular complexity index is 1070. The number of para-hydroxylation sites is 1. The molecule has 0 radical (unpaired) electrons. The summed E-state index contributed by atoms with van der Waals surface area (Å²) >= 11 is 4.02. The maximum atomic E-state index is 13.4. The van der Waals surface area contributed by atoms with Crippen LogP contribution >= 0.6 is 34.5 Å². The molecule has 7 heteroatoms. The van der Waals surface area contributed by atoms with Crippen LogP contribution in [0.5, 0.6) is 0 Å². The number of benzene rings is 1. The van der Waals surface area contributed by atoms with E-state index in [-0.39, 0.29) is 27.5 Å². The van der Waals surface area contributed by atoms with Crippen LogP contribution in [0.1, 0.15) is 28.4 Å². The normalized spacial score (nSPS) is 24.9. The van der Waals surface area contributed by atoms with Crippen LogP contribution in [0, 0.1) is 5.92 Å². The largest absolute Gasteiger partial charge is 0.466 e. The Balaban J connectivity index is 2.03. The van der Waals surface area contributed by atoms with Gasteiger partial charge < -0.3 is 13.6 Å². The summed E-state index contributed by atoms with van der Waals surface area (Å²) in [6.45, 7) is 0. The van der Waals surface area contributed by atoms with Crippen molar-refractivity contribution >= 4 is 57.2 Å². The Morgan fingerprint density at radius 3 is 2.79 bits per heavy atom. The van der Waals surface area contributed by atoms with Gasteiger partial charge in [0, 0.05) is 65.2 Å². The van der Waals surface area contributed by atoms with Crippen LogP contribution < -0.4 is 0 Å². The number of ether oxygens (including phenoxy) is 1. The Kier molecular flexibility index (Phi) is 5.54. The second-order valence-corrected chi connectivity index (χ2v) is 9.82. The third-order valence-electron chi connectivity index (χ3n) is 5.95. The van der Waals surface area contributed by atoms with Gasteiger partial charge >= 0.3 is 5.97 Å². The smallest absolute Gasteiger partial charge is 0.334 e. The first kappa shape index (κ1) is 20.5. The second kappa shape index (κ2) is 7.83. The van der Waals surface area contributed by atoms with Crippen LogP contribution in [0.25, 0.3) is 10.9 Å². The van der Waals surface area contributed by atoms with Crippen LogP contribution in [0.4, 0.5) is 0 Å². The minimum atomic E-state index is -0.332. The number of fused-ring (bicyclic) bond motifs is 6. The van der Waals surface area contributed by atoms with Crippen molar-refractivity contribution in [2.45, 2.75) is 16.3 Å². The number of rotatable bonds is 3. The molecule has 0 unspecified atom stereocenters. The molecule has 0 saturated carbocycles. The van der Waals surface area contributed by atoms with Crippen molar-refractivity contribution < 1.29 is 14.3 Å². The first-order valence-electron chi connectivity index (χ1n) is 9.42. The summed E-state index contributed by atoms with van der Waals surface area (Å²) in [6.07, 6.45) is 6.41. The molecule has 2 aromatic rings. The molecule has 1 heterocycles. The molecule has 2 aliphatic rings. The standard InChI is InChI=1S/C22H23IN2O3S/c1-24(29-4)11-12-9-15(22(27)28-3)18-19-13-7-5-6-8-16(13)25(2)21(19)17(26)10-14(12)20(18)23/h5-9,11,14,18,20H,10H2,1-4H3/b12-11-/t14-,18-,20-/m0/s1. The molecule has 0 spiro atoms. The Hall–Kier alpha value is -1.74. The minimum Gasteiger partial charge on any atom is -0.466 e. The van der Waals surface area contributed by atoms with Gasteiger partial charge in [-0.1, -0.05) is 52.7 Å². The average molecular weight is 522 g/mol. The number of aromatic nitrogens is 1. The molecular weight excluding hydrogens is 499 g/mol. The van der Waals surface area contributed by atoms with E-state index in [2.05, 4.69) is 22.6 Å². The summed E-state index contributed by atoms with van der Waals surface area (Å²) in [5, 5.41) is 1.04. The summed E-state index contributed by atoms with van der Waals surface area (Å²) in [4.78, 5) is 26.2. The number of allylic oxidation sites excluding steroid dienone is 2. The van der Waals surface area contributed by atoms with E-state index in [1.54, 1.807) is 11.9 Å². The number of hydrogen-bond donors (Lipinski definition) is 0. The lowest BCUT2D eigenvalue weighted by atomic mass is 9.75. The zero-order valence-electron chi connectivity index (χ0n) is 16.8. The van der Waals surface area contributed by atoms with Crippen molar-refractivity contribution in [2.24, 2.45) is 13.0 Å². The first-order chi connectivity index (χ1) is 13.9. The molecule has 0 saturated heterocycles. The van der Waals surface area contributed by atoms with Gasteiger partial charge in [0.1, 0.15) is 0 Å². The number of carbonyl (C=O) groups excluding carboxylic acids is 2. The van der Waals surface area contributed by atoms with E-state index in [9.17, 15) is 9.59 Å². The lowest BCUT2D eigenvalue weighted by Gasteiger charge is -2.34. The molecule has 1 aromatic carbocycles. The highest BCUT2D eigenvalue weighted by atomic mass is 127. The Morgan fingerprint density at radius 2 is 2.10 bits per heavy atom. The number of Topliss-reactive ketones (excluding diaryl/α,β-unsaturated/α-hetero) is 1. The van der Waals surface area contributed by atoms with Gasteiger partial charge in [0.15, 0.2) is 5.78 Å². The summed E-state index contributed by atoms with van der Waals surface area (Å²) < 4.78 is 9.23. The minimum absolute atomic E-state index is 0.0438. The van der Waals surface area contributed by atoms with E-state index in [1.807, 2.05) is 65.8 Å². The van der Waals surface area contributed by atoms with Crippen molar-refractivity contribution in [2.75, 3.05) is 20.4 Å². The predicted octanol–water partition coefficient (Wildman–Crippen LogP) is 4.47. The number of aryl methyl sites for hydroxylation is 1. The van der Waals surface area contributed by atoms with E-state index in [0.717, 1.165) is 27.7 Å². The van der Waals surface area contributed by atoms with Gasteiger partial charge in [-0.15, -0.1) is 0 Å². The third-order valence-corrected chi connectivity index (χ3v) is 8.22. The van der Waals surface area contributed by atoms with E-state index < -0.39 is 0 Å². The molecule has 0 amide bonds. The summed E-state index contributed by atoms with van der Waals surface area (Å²) in [7, 11) is 5.33. The third kappa shape index (κ3) is 3.22. The number of nitrogens with zero attached hydrogens (tertiary/aromatic N) is 2. The van der Waals surface area contributed by atoms with Crippen LogP contribution in [-0.2, 0) is 16.6 Å². The van der Waals surface area contributed by atoms with Gasteiger partial charge in [-0.25, -0.2) is 4.79 Å². The van der Waals surface area contributed by atoms with Crippen LogP contribution in [0.15, 0.2) is 47.7 Å². The fourth-order valence-electron chi connectivity index (χ4n) is 4.58. The number of hydrogen-bond acceptors (Lipinski definition) is 5. The second-order valence-electron chi connectivity index (χ2n) is 7.44. The fraction of sp³-hybridized carbons (Fsp3) is 0.364. The molecule has 1 aromatic heterocycles. The van der Waals surface area contributed by atoms with Gasteiger partial charge in [0.2, 0.25) is 0 Å². The topological polar surface area (TPSA) is 51.5 Å². The lowest BCUT2D eigenvalue weighted by Crippen LogP contribution is -2.31. The molecule has 4 rings (SSSR count). The maximum Gasteiger partial charge on any atom is 0.334 e. The highest BCUT2D eigenvalue weighted by Crippen LogP contribution is 2.51. The van der Waals surface area contributed by atoms with Crippen molar-refractivity contribution in [1.82, 2.24) is 8.87 Å². The number of halogens is 1. The van der Waals surface area contributed by atoms with Gasteiger partial charge in [0.05, 0.1) is 12.8 Å². The zero-order valence-corrected chi connectivity index (χ0v) is 19.8. The molecule has 0 fully saturated rings. The van der Waals surface area contributed by atoms with Crippen molar-refractivity contribution in [3.63, 3.8) is 0 Å². The molecule has 0 N–H and O–H groups in total. The molecule has 5 nitrogen and oxygen atoms in total. The van der Waals surface area contributed by atoms with Crippen molar-refractivity contribution in [3.05, 3.63) is 58.9 Å². The molecule has 29 heavy (non-hydrogen) atoms. The summed E-state index contributed by atoms with van der Waals surface area (Å²) in [6, 6.07) is 8.04. The number of carbonyl (C=O) groups is 2. The first-order valence-corrected chi connectivity index (χ1v) is 11.8. The van der Waals surface area contributed by atoms with Gasteiger partial charge in [-0.05, 0) is 23.3 Å². The van der Waals surface area contributed by atoms with E-state index >= 15 is 0 Å². The molecule has 2 aliphatic carbocycles. The van der Waals surface area contributed by atoms with Crippen LogP contribution in [0.2, 0.25) is 0 Å². The Morgan fingerprint density at radius 1 is 1.38 bits per heavy atom. The van der Waals surface area contributed by atoms with Gasteiger partial charge in [-0.3, -0.25) is 4.79 Å². The number of esters is 1. The monoisotopic (exact) mass is 522 g/mol. The van der Waals surface area contributed by atoms with E-state index in [0.29, 0.717) is 12.0 Å². The average Bonchev–Trinajstić information content (AvgIpc) is 2.98. The van der Waals surface area contributed by atoms with E-state index in [4.69, 9.17) is 4.74 Å². The van der Waals surface area contributed by atoms with Crippen LogP contribution in [-0.4, -0.2) is 45.0 Å². The molecule has 0 aliphatic heterocycles. The van der Waals surface area contributed by atoms with Gasteiger partial charge in [-0.2, -0.15) is 0 Å². The molecular formula is C22H23IN2O3S. The fourth-order valence-corrected chi connectivity index (χ4v) is 6.22. The summed E-state index contributed by atoms with van der Waals surface area (Å²) in [5.74, 6) is -0.342. The number of methoxy groups -OCH3 is 1. The Labute approximate surface area is 188 Å². The highest BCUT2D eigenvalue weighted by Gasteiger charge is 2.46. The van der Waals surface area contributed by atoms with Gasteiger partial charge in [0.25, 0.3) is 0 Å². The SMILES string of the molecule is COC(=O)C1=C/C(=C/N(C)SC)[C@@H]2CC(=O)c3c(c4ccccc4n3C)[C@H]1[C@H]2I. The zero-order chi connectivity index (χ0) is 20.9. The molecule has 152 valence electrons. The predicted molar refractivity (Wildman–Crippen MR) is 125 cm³/mol. The number of alkyl halides is 1.